The van der Waals surface area contributed by atoms with Gasteiger partial charge in [-0.1, -0.05) is 30.3 Å². The fourth-order valence-corrected chi connectivity index (χ4v) is 3.27. The Morgan fingerprint density at radius 2 is 1.77 bits per heavy atom. The summed E-state index contributed by atoms with van der Waals surface area (Å²) in [6.07, 6.45) is 2.45. The summed E-state index contributed by atoms with van der Waals surface area (Å²) in [7, 11) is 3.45. The molecule has 3 rings (SSSR count). The normalized spacial score (nSPS) is 18.4. The highest BCUT2D eigenvalue weighted by Gasteiger charge is 2.26. The molecule has 1 fully saturated rings. The van der Waals surface area contributed by atoms with E-state index in [4.69, 9.17) is 9.47 Å². The zero-order valence-corrected chi connectivity index (χ0v) is 13.3. The third kappa shape index (κ3) is 3.09. The quantitative estimate of drug-likeness (QED) is 0.831. The monoisotopic (exact) mass is 297 g/mol. The summed E-state index contributed by atoms with van der Waals surface area (Å²) >= 11 is 0. The Morgan fingerprint density at radius 1 is 1.00 bits per heavy atom. The number of benzene rings is 2. The van der Waals surface area contributed by atoms with Crippen molar-refractivity contribution in [3.63, 3.8) is 0 Å². The predicted molar refractivity (Wildman–Crippen MR) is 88.4 cm³/mol. The first-order chi connectivity index (χ1) is 10.8. The van der Waals surface area contributed by atoms with Crippen molar-refractivity contribution in [2.75, 3.05) is 20.8 Å². The maximum absolute atomic E-state index is 5.48. The minimum Gasteiger partial charge on any atom is -0.497 e. The standard InChI is InChI=1S/C19H23NO2/c1-21-17-11-9-15(10-12-17)18-7-5-13-20(18)14-16-6-3-4-8-19(16)22-2/h3-4,6,8-12,18H,5,7,13-14H2,1-2H3. The van der Waals surface area contributed by atoms with Gasteiger partial charge in [-0.3, -0.25) is 4.90 Å². The van der Waals surface area contributed by atoms with Crippen molar-refractivity contribution in [3.05, 3.63) is 59.7 Å². The maximum Gasteiger partial charge on any atom is 0.123 e. The summed E-state index contributed by atoms with van der Waals surface area (Å²) in [5.41, 5.74) is 2.62. The molecule has 2 aromatic rings. The molecule has 116 valence electrons. The Hall–Kier alpha value is -2.00. The van der Waals surface area contributed by atoms with E-state index in [1.54, 1.807) is 14.2 Å². The zero-order valence-electron chi connectivity index (χ0n) is 13.3. The van der Waals surface area contributed by atoms with Gasteiger partial charge in [-0.15, -0.1) is 0 Å². The molecule has 22 heavy (non-hydrogen) atoms. The molecular weight excluding hydrogens is 274 g/mol. The fraction of sp³-hybridized carbons (Fsp3) is 0.368. The Balaban J connectivity index is 1.77. The van der Waals surface area contributed by atoms with Crippen LogP contribution in [0.25, 0.3) is 0 Å². The van der Waals surface area contributed by atoms with Gasteiger partial charge in [0.1, 0.15) is 11.5 Å². The van der Waals surface area contributed by atoms with Crippen molar-refractivity contribution in [1.29, 1.82) is 0 Å². The average Bonchev–Trinajstić information content (AvgIpc) is 3.03. The van der Waals surface area contributed by atoms with Crippen LogP contribution in [-0.4, -0.2) is 25.7 Å². The number of hydrogen-bond acceptors (Lipinski definition) is 3. The number of likely N-dealkylation sites (tertiary alicyclic amines) is 1. The predicted octanol–water partition coefficient (Wildman–Crippen LogP) is 4.04. The van der Waals surface area contributed by atoms with Crippen LogP contribution in [0, 0.1) is 0 Å². The van der Waals surface area contributed by atoms with Crippen molar-refractivity contribution < 1.29 is 9.47 Å². The van der Waals surface area contributed by atoms with Crippen molar-refractivity contribution in [1.82, 2.24) is 4.90 Å². The van der Waals surface area contributed by atoms with E-state index in [0.29, 0.717) is 6.04 Å². The van der Waals surface area contributed by atoms with Crippen LogP contribution in [0.1, 0.15) is 30.0 Å². The van der Waals surface area contributed by atoms with E-state index in [9.17, 15) is 0 Å². The lowest BCUT2D eigenvalue weighted by atomic mass is 10.0. The lowest BCUT2D eigenvalue weighted by Gasteiger charge is -2.25. The molecule has 0 amide bonds. The van der Waals surface area contributed by atoms with Crippen molar-refractivity contribution in [2.24, 2.45) is 0 Å². The largest absolute Gasteiger partial charge is 0.497 e. The number of methoxy groups -OCH3 is 2. The molecular formula is C19H23NO2. The number of para-hydroxylation sites is 1. The molecule has 3 nitrogen and oxygen atoms in total. The van der Waals surface area contributed by atoms with Gasteiger partial charge in [-0.2, -0.15) is 0 Å². The average molecular weight is 297 g/mol. The molecule has 1 aliphatic rings. The van der Waals surface area contributed by atoms with Gasteiger partial charge < -0.3 is 9.47 Å². The molecule has 0 N–H and O–H groups in total. The van der Waals surface area contributed by atoms with Crippen LogP contribution in [0.2, 0.25) is 0 Å². The van der Waals surface area contributed by atoms with Gasteiger partial charge >= 0.3 is 0 Å². The lowest BCUT2D eigenvalue weighted by Crippen LogP contribution is -2.23. The maximum atomic E-state index is 5.48. The second-order valence-corrected chi connectivity index (χ2v) is 5.71. The van der Waals surface area contributed by atoms with Crippen LogP contribution in [-0.2, 0) is 6.54 Å². The van der Waals surface area contributed by atoms with E-state index < -0.39 is 0 Å². The van der Waals surface area contributed by atoms with Gasteiger partial charge in [0.05, 0.1) is 14.2 Å². The van der Waals surface area contributed by atoms with E-state index in [0.717, 1.165) is 24.6 Å². The Labute approximate surface area is 132 Å². The first kappa shape index (κ1) is 14.9. The number of rotatable bonds is 5. The number of nitrogens with zero attached hydrogens (tertiary/aromatic N) is 1. The van der Waals surface area contributed by atoms with Crippen LogP contribution in [0.15, 0.2) is 48.5 Å². The highest BCUT2D eigenvalue weighted by Crippen LogP contribution is 2.35. The smallest absolute Gasteiger partial charge is 0.123 e. The third-order valence-electron chi connectivity index (χ3n) is 4.43. The van der Waals surface area contributed by atoms with E-state index in [1.165, 1.54) is 24.0 Å². The highest BCUT2D eigenvalue weighted by atomic mass is 16.5. The Bertz CT molecular complexity index is 609. The molecule has 1 aliphatic heterocycles. The number of ether oxygens (including phenoxy) is 2. The molecule has 0 aromatic heterocycles. The second kappa shape index (κ2) is 6.84. The first-order valence-electron chi connectivity index (χ1n) is 7.81. The SMILES string of the molecule is COc1ccc(C2CCCN2Cc2ccccc2OC)cc1. The molecule has 0 bridgehead atoms. The lowest BCUT2D eigenvalue weighted by molar-refractivity contribution is 0.244. The molecule has 0 aliphatic carbocycles. The van der Waals surface area contributed by atoms with Crippen molar-refractivity contribution in [2.45, 2.75) is 25.4 Å². The number of hydrogen-bond donors (Lipinski definition) is 0. The van der Waals surface area contributed by atoms with Gasteiger partial charge in [0.2, 0.25) is 0 Å². The van der Waals surface area contributed by atoms with Crippen LogP contribution < -0.4 is 9.47 Å². The molecule has 2 aromatic carbocycles. The van der Waals surface area contributed by atoms with Gasteiger partial charge in [0.15, 0.2) is 0 Å². The van der Waals surface area contributed by atoms with Crippen LogP contribution in [0.4, 0.5) is 0 Å². The van der Waals surface area contributed by atoms with Gasteiger partial charge in [0, 0.05) is 18.2 Å². The van der Waals surface area contributed by atoms with Crippen molar-refractivity contribution >= 4 is 0 Å². The summed E-state index contributed by atoms with van der Waals surface area (Å²) in [5, 5.41) is 0. The molecule has 0 radical (unpaired) electrons. The van der Waals surface area contributed by atoms with Gasteiger partial charge in [-0.05, 0) is 43.1 Å². The Morgan fingerprint density at radius 3 is 2.50 bits per heavy atom. The molecule has 0 saturated carbocycles. The van der Waals surface area contributed by atoms with Crippen LogP contribution in [0.3, 0.4) is 0 Å². The minimum absolute atomic E-state index is 0.482. The summed E-state index contributed by atoms with van der Waals surface area (Å²) < 4.78 is 10.7. The van der Waals surface area contributed by atoms with E-state index >= 15 is 0 Å². The summed E-state index contributed by atoms with van der Waals surface area (Å²) in [6, 6.07) is 17.2. The third-order valence-corrected chi connectivity index (χ3v) is 4.43. The summed E-state index contributed by atoms with van der Waals surface area (Å²) in [5.74, 6) is 1.89. The van der Waals surface area contributed by atoms with E-state index in [-0.39, 0.29) is 0 Å². The summed E-state index contributed by atoms with van der Waals surface area (Å²) in [6.45, 7) is 2.06. The second-order valence-electron chi connectivity index (χ2n) is 5.71. The van der Waals surface area contributed by atoms with Crippen molar-refractivity contribution in [3.8, 4) is 11.5 Å². The Kier molecular flexibility index (Phi) is 4.64. The van der Waals surface area contributed by atoms with E-state index in [1.807, 2.05) is 12.1 Å². The molecule has 1 heterocycles. The van der Waals surface area contributed by atoms with E-state index in [2.05, 4.69) is 41.3 Å². The zero-order chi connectivity index (χ0) is 15.4. The fourth-order valence-electron chi connectivity index (χ4n) is 3.27. The molecule has 1 saturated heterocycles. The molecule has 0 spiro atoms. The minimum atomic E-state index is 0.482. The highest BCUT2D eigenvalue weighted by molar-refractivity contribution is 5.34. The first-order valence-corrected chi connectivity index (χ1v) is 7.81. The van der Waals surface area contributed by atoms with Crippen LogP contribution >= 0.6 is 0 Å². The van der Waals surface area contributed by atoms with Gasteiger partial charge in [0.25, 0.3) is 0 Å². The molecule has 1 atom stereocenters. The molecule has 1 unspecified atom stereocenters. The van der Waals surface area contributed by atoms with Gasteiger partial charge in [-0.25, -0.2) is 0 Å². The summed E-state index contributed by atoms with van der Waals surface area (Å²) in [4.78, 5) is 2.54. The molecule has 3 heteroatoms. The topological polar surface area (TPSA) is 21.7 Å². The van der Waals surface area contributed by atoms with Crippen LogP contribution in [0.5, 0.6) is 11.5 Å².